The molecule has 2 amide bonds. The van der Waals surface area contributed by atoms with Gasteiger partial charge in [-0.05, 0) is 49.6 Å². The molecule has 1 N–H and O–H groups in total. The van der Waals surface area contributed by atoms with Crippen molar-refractivity contribution in [2.75, 3.05) is 18.5 Å². The molecule has 1 fully saturated rings. The number of likely N-dealkylation sites (tertiary alicyclic amines) is 1. The van der Waals surface area contributed by atoms with Gasteiger partial charge in [-0.15, -0.1) is 0 Å². The van der Waals surface area contributed by atoms with Crippen LogP contribution in [0.1, 0.15) is 38.1 Å². The Morgan fingerprint density at radius 1 is 1.22 bits per heavy atom. The number of ether oxygens (including phenoxy) is 1. The molecule has 0 saturated carbocycles. The van der Waals surface area contributed by atoms with Gasteiger partial charge in [0.2, 0.25) is 17.6 Å². The van der Waals surface area contributed by atoms with Crippen molar-refractivity contribution in [3.63, 3.8) is 0 Å². The van der Waals surface area contributed by atoms with E-state index in [1.54, 1.807) is 17.0 Å². The number of nitrogens with zero attached hydrogens (tertiary/aromatic N) is 3. The average Bonchev–Trinajstić information content (AvgIpc) is 3.29. The Balaban J connectivity index is 1.50. The first kappa shape index (κ1) is 21.5. The third kappa shape index (κ3) is 4.93. The van der Waals surface area contributed by atoms with Crippen LogP contribution in [0.4, 0.5) is 10.1 Å². The third-order valence-electron chi connectivity index (χ3n) is 5.19. The number of carbonyl (C=O) groups excluding carboxylic acids is 2. The molecule has 0 bridgehead atoms. The van der Waals surface area contributed by atoms with Crippen molar-refractivity contribution in [2.45, 2.75) is 32.2 Å². The zero-order valence-corrected chi connectivity index (χ0v) is 17.6. The number of para-hydroxylation sites is 1. The van der Waals surface area contributed by atoms with Crippen LogP contribution in [0.15, 0.2) is 53.1 Å². The summed E-state index contributed by atoms with van der Waals surface area (Å²) in [7, 11) is 0. The highest BCUT2D eigenvalue weighted by Gasteiger charge is 2.32. The number of hydrogen-bond acceptors (Lipinski definition) is 6. The second-order valence-corrected chi connectivity index (χ2v) is 7.53. The summed E-state index contributed by atoms with van der Waals surface area (Å²) in [4.78, 5) is 30.3. The fraction of sp³-hybridized carbons (Fsp3) is 0.304. The highest BCUT2D eigenvalue weighted by Crippen LogP contribution is 2.32. The van der Waals surface area contributed by atoms with Crippen LogP contribution in [0, 0.1) is 5.82 Å². The quantitative estimate of drug-likeness (QED) is 0.626. The molecule has 0 unspecified atom stereocenters. The van der Waals surface area contributed by atoms with Gasteiger partial charge in [-0.1, -0.05) is 23.4 Å². The molecule has 3 aromatic rings. The Labute approximate surface area is 184 Å². The highest BCUT2D eigenvalue weighted by molar-refractivity contribution is 5.89. The first-order valence-electron chi connectivity index (χ1n) is 10.4. The number of carbonyl (C=O) groups is 2. The van der Waals surface area contributed by atoms with Crippen LogP contribution in [0.25, 0.3) is 11.4 Å². The largest absolute Gasteiger partial charge is 0.484 e. The van der Waals surface area contributed by atoms with Crippen molar-refractivity contribution in [1.29, 1.82) is 0 Å². The molecule has 9 heteroatoms. The van der Waals surface area contributed by atoms with Gasteiger partial charge in [0.25, 0.3) is 5.91 Å². The van der Waals surface area contributed by atoms with Crippen LogP contribution in [0.2, 0.25) is 0 Å². The summed E-state index contributed by atoms with van der Waals surface area (Å²) in [5.41, 5.74) is 0.528. The molecule has 0 radical (unpaired) electrons. The number of amides is 2. The van der Waals surface area contributed by atoms with Crippen molar-refractivity contribution >= 4 is 17.5 Å². The summed E-state index contributed by atoms with van der Waals surface area (Å²) in [6.07, 6.45) is 2.50. The van der Waals surface area contributed by atoms with Crippen LogP contribution in [-0.4, -0.2) is 40.0 Å². The maximum atomic E-state index is 13.9. The van der Waals surface area contributed by atoms with E-state index in [0.29, 0.717) is 30.2 Å². The Hall–Kier alpha value is -3.75. The van der Waals surface area contributed by atoms with Crippen molar-refractivity contribution < 1.29 is 23.2 Å². The Bertz CT molecular complexity index is 1100. The minimum Gasteiger partial charge on any atom is -0.484 e. The van der Waals surface area contributed by atoms with Gasteiger partial charge < -0.3 is 19.5 Å². The van der Waals surface area contributed by atoms with Crippen molar-refractivity contribution in [3.8, 4) is 17.1 Å². The van der Waals surface area contributed by atoms with Gasteiger partial charge in [0.1, 0.15) is 17.6 Å². The zero-order chi connectivity index (χ0) is 22.5. The van der Waals surface area contributed by atoms with Gasteiger partial charge in [0.05, 0.1) is 5.69 Å². The number of halogens is 1. The smallest absolute Gasteiger partial charge is 0.261 e. The normalized spacial score (nSPS) is 15.9. The van der Waals surface area contributed by atoms with Crippen molar-refractivity contribution in [2.24, 2.45) is 0 Å². The predicted molar refractivity (Wildman–Crippen MR) is 114 cm³/mol. The second-order valence-electron chi connectivity index (χ2n) is 7.53. The van der Waals surface area contributed by atoms with Crippen LogP contribution >= 0.6 is 0 Å². The Morgan fingerprint density at radius 2 is 2.03 bits per heavy atom. The average molecular weight is 438 g/mol. The van der Waals surface area contributed by atoms with E-state index in [9.17, 15) is 14.0 Å². The van der Waals surface area contributed by atoms with Gasteiger partial charge in [-0.3, -0.25) is 9.59 Å². The number of hydrogen-bond donors (Lipinski definition) is 1. The number of benzene rings is 2. The fourth-order valence-electron chi connectivity index (χ4n) is 3.67. The summed E-state index contributed by atoms with van der Waals surface area (Å²) in [6, 6.07) is 13.0. The minimum absolute atomic E-state index is 0.0360. The zero-order valence-electron chi connectivity index (χ0n) is 17.6. The number of rotatable bonds is 6. The topological polar surface area (TPSA) is 97.6 Å². The van der Waals surface area contributed by atoms with Gasteiger partial charge in [0.15, 0.2) is 6.61 Å². The van der Waals surface area contributed by atoms with E-state index in [1.807, 2.05) is 18.2 Å². The third-order valence-corrected chi connectivity index (χ3v) is 5.19. The van der Waals surface area contributed by atoms with E-state index in [0.717, 1.165) is 12.8 Å². The van der Waals surface area contributed by atoms with E-state index in [1.165, 1.54) is 25.1 Å². The lowest BCUT2D eigenvalue weighted by Crippen LogP contribution is -2.41. The summed E-state index contributed by atoms with van der Waals surface area (Å²) in [5, 5.41) is 6.44. The van der Waals surface area contributed by atoms with Gasteiger partial charge in [-0.25, -0.2) is 4.39 Å². The molecular weight excluding hydrogens is 415 g/mol. The van der Waals surface area contributed by atoms with Gasteiger partial charge in [0, 0.05) is 19.0 Å². The fourth-order valence-corrected chi connectivity index (χ4v) is 3.67. The lowest BCUT2D eigenvalue weighted by molar-refractivity contribution is -0.138. The number of aromatic nitrogens is 2. The molecule has 1 saturated heterocycles. The van der Waals surface area contributed by atoms with Crippen LogP contribution in [-0.2, 0) is 9.59 Å². The van der Waals surface area contributed by atoms with Crippen molar-refractivity contribution in [1.82, 2.24) is 15.0 Å². The molecule has 0 aliphatic carbocycles. The number of piperidine rings is 1. The highest BCUT2D eigenvalue weighted by atomic mass is 19.1. The molecule has 1 aromatic heterocycles. The monoisotopic (exact) mass is 438 g/mol. The molecule has 32 heavy (non-hydrogen) atoms. The van der Waals surface area contributed by atoms with E-state index < -0.39 is 5.82 Å². The summed E-state index contributed by atoms with van der Waals surface area (Å²) >= 11 is 0. The lowest BCUT2D eigenvalue weighted by atomic mass is 10.0. The summed E-state index contributed by atoms with van der Waals surface area (Å²) in [6.45, 7) is 1.79. The first-order valence-corrected chi connectivity index (χ1v) is 10.4. The minimum atomic E-state index is -0.560. The standard InChI is InChI=1S/C23H23FN4O4/c1-15(29)25-19-13-16(10-11-18(19)24)22-26-23(32-27-22)20-9-5-6-12-28(20)21(30)14-31-17-7-3-2-4-8-17/h2-4,7-8,10-11,13,20H,5-6,9,12,14H2,1H3,(H,25,29)/t20-/m1/s1. The molecule has 166 valence electrons. The van der Waals surface area contributed by atoms with E-state index in [4.69, 9.17) is 9.26 Å². The number of anilines is 1. The molecule has 1 aliphatic rings. The van der Waals surface area contributed by atoms with E-state index in [-0.39, 0.29) is 36.0 Å². The van der Waals surface area contributed by atoms with E-state index in [2.05, 4.69) is 15.5 Å². The summed E-state index contributed by atoms with van der Waals surface area (Å²) < 4.78 is 25.0. The molecular formula is C23H23FN4O4. The Morgan fingerprint density at radius 3 is 2.81 bits per heavy atom. The molecule has 8 nitrogen and oxygen atoms in total. The molecule has 0 spiro atoms. The molecule has 4 rings (SSSR count). The molecule has 1 atom stereocenters. The molecule has 2 heterocycles. The van der Waals surface area contributed by atoms with Crippen LogP contribution in [0.3, 0.4) is 0 Å². The maximum absolute atomic E-state index is 13.9. The van der Waals surface area contributed by atoms with E-state index >= 15 is 0 Å². The first-order chi connectivity index (χ1) is 15.5. The molecule has 1 aliphatic heterocycles. The van der Waals surface area contributed by atoms with Crippen LogP contribution < -0.4 is 10.1 Å². The summed E-state index contributed by atoms with van der Waals surface area (Å²) in [5.74, 6) is 0.0937. The molecule has 2 aromatic carbocycles. The second kappa shape index (κ2) is 9.59. The Kier molecular flexibility index (Phi) is 6.44. The number of nitrogens with one attached hydrogen (secondary N) is 1. The predicted octanol–water partition coefficient (Wildman–Crippen LogP) is 3.97. The SMILES string of the molecule is CC(=O)Nc1cc(-c2noc([C@H]3CCCCN3C(=O)COc3ccccc3)n2)ccc1F. The van der Waals surface area contributed by atoms with Crippen LogP contribution in [0.5, 0.6) is 5.75 Å². The maximum Gasteiger partial charge on any atom is 0.261 e. The van der Waals surface area contributed by atoms with Gasteiger partial charge in [-0.2, -0.15) is 4.98 Å². The lowest BCUT2D eigenvalue weighted by Gasteiger charge is -2.33. The van der Waals surface area contributed by atoms with Gasteiger partial charge >= 0.3 is 0 Å². The van der Waals surface area contributed by atoms with Crippen molar-refractivity contribution in [3.05, 3.63) is 60.2 Å².